The second-order valence-electron chi connectivity index (χ2n) is 4.35. The molecule has 0 atom stereocenters. The number of hydrogen-bond donors (Lipinski definition) is 2. The van der Waals surface area contributed by atoms with Crippen LogP contribution in [-0.4, -0.2) is 24.8 Å². The van der Waals surface area contributed by atoms with Gasteiger partial charge >= 0.3 is 0 Å². The molecule has 1 saturated carbocycles. The van der Waals surface area contributed by atoms with Crippen molar-refractivity contribution in [1.29, 1.82) is 0 Å². The van der Waals surface area contributed by atoms with E-state index in [4.69, 9.17) is 6.42 Å². The Balaban J connectivity index is 2.12. The molecule has 2 heteroatoms. The van der Waals surface area contributed by atoms with Crippen LogP contribution in [0.25, 0.3) is 0 Å². The highest BCUT2D eigenvalue weighted by molar-refractivity contribution is 4.87. The molecule has 14 heavy (non-hydrogen) atoms. The molecule has 0 aromatic rings. The van der Waals surface area contributed by atoms with Gasteiger partial charge in [-0.3, -0.25) is 0 Å². The molecule has 2 N–H and O–H groups in total. The Hall–Kier alpha value is -0.520. The molecular weight excluding hydrogens is 174 g/mol. The third-order valence-corrected chi connectivity index (χ3v) is 3.17. The van der Waals surface area contributed by atoms with Crippen LogP contribution >= 0.6 is 0 Å². The summed E-state index contributed by atoms with van der Waals surface area (Å²) in [4.78, 5) is 0. The summed E-state index contributed by atoms with van der Waals surface area (Å²) in [7, 11) is 0. The lowest BCUT2D eigenvalue weighted by Gasteiger charge is -2.26. The van der Waals surface area contributed by atoms with Gasteiger partial charge in [-0.05, 0) is 25.8 Å². The summed E-state index contributed by atoms with van der Waals surface area (Å²) in [6, 6.07) is 0. The first-order valence-electron chi connectivity index (χ1n) is 5.58. The van der Waals surface area contributed by atoms with Crippen molar-refractivity contribution in [1.82, 2.24) is 5.32 Å². The highest BCUT2D eigenvalue weighted by Gasteiger charge is 2.32. The van der Waals surface area contributed by atoms with Crippen LogP contribution in [0.5, 0.6) is 0 Å². The van der Waals surface area contributed by atoms with Crippen LogP contribution in [0, 0.1) is 17.8 Å². The zero-order chi connectivity index (χ0) is 10.3. The lowest BCUT2D eigenvalue weighted by atomic mass is 9.87. The Bertz CT molecular complexity index is 189. The van der Waals surface area contributed by atoms with Crippen molar-refractivity contribution in [3.05, 3.63) is 0 Å². The largest absolute Gasteiger partial charge is 0.396 e. The molecule has 0 aliphatic heterocycles. The van der Waals surface area contributed by atoms with Gasteiger partial charge in [-0.2, -0.15) is 0 Å². The predicted octanol–water partition coefficient (Wildman–Crippen LogP) is 1.54. The van der Waals surface area contributed by atoms with Crippen molar-refractivity contribution in [3.8, 4) is 12.3 Å². The second-order valence-corrected chi connectivity index (χ2v) is 4.35. The molecule has 0 bridgehead atoms. The first-order chi connectivity index (χ1) is 6.83. The van der Waals surface area contributed by atoms with E-state index in [1.165, 1.54) is 25.7 Å². The molecule has 0 amide bonds. The smallest absolute Gasteiger partial charge is 0.0499 e. The molecule has 0 spiro atoms. The summed E-state index contributed by atoms with van der Waals surface area (Å²) in [6.07, 6.45) is 11.9. The van der Waals surface area contributed by atoms with Crippen LogP contribution in [-0.2, 0) is 0 Å². The van der Waals surface area contributed by atoms with Gasteiger partial charge in [0.25, 0.3) is 0 Å². The van der Waals surface area contributed by atoms with Crippen LogP contribution in [0.15, 0.2) is 0 Å². The van der Waals surface area contributed by atoms with Gasteiger partial charge in [0.05, 0.1) is 0 Å². The van der Waals surface area contributed by atoms with Gasteiger partial charge < -0.3 is 10.4 Å². The number of rotatable bonds is 6. The van der Waals surface area contributed by atoms with Gasteiger partial charge in [-0.1, -0.05) is 12.8 Å². The number of nitrogens with one attached hydrogen (secondary N) is 1. The topological polar surface area (TPSA) is 32.3 Å². The molecule has 1 aliphatic carbocycles. The van der Waals surface area contributed by atoms with Gasteiger partial charge in [0.2, 0.25) is 0 Å². The van der Waals surface area contributed by atoms with Crippen molar-refractivity contribution in [2.45, 2.75) is 38.5 Å². The Kier molecular flexibility index (Phi) is 5.00. The predicted molar refractivity (Wildman–Crippen MR) is 58.9 cm³/mol. The van der Waals surface area contributed by atoms with Gasteiger partial charge in [-0.15, -0.1) is 12.3 Å². The van der Waals surface area contributed by atoms with E-state index in [2.05, 4.69) is 11.2 Å². The molecule has 1 aliphatic rings. The normalized spacial score (nSPS) is 19.4. The Morgan fingerprint density at radius 2 is 2.07 bits per heavy atom. The van der Waals surface area contributed by atoms with Crippen molar-refractivity contribution in [3.63, 3.8) is 0 Å². The van der Waals surface area contributed by atoms with Crippen LogP contribution in [0.3, 0.4) is 0 Å². The van der Waals surface area contributed by atoms with E-state index in [1.807, 2.05) is 0 Å². The summed E-state index contributed by atoms with van der Waals surface area (Å²) in [5, 5.41) is 12.7. The van der Waals surface area contributed by atoms with Gasteiger partial charge in [-0.25, -0.2) is 0 Å². The fourth-order valence-electron chi connectivity index (χ4n) is 2.18. The standard InChI is InChI=1S/C12H21NO/c1-2-3-6-9-13-10-12(11-14)7-4-5-8-12/h1,13-14H,3-11H2. The van der Waals surface area contributed by atoms with Gasteiger partial charge in [0.15, 0.2) is 0 Å². The molecule has 0 heterocycles. The van der Waals surface area contributed by atoms with E-state index in [-0.39, 0.29) is 5.41 Å². The lowest BCUT2D eigenvalue weighted by Crippen LogP contribution is -2.35. The van der Waals surface area contributed by atoms with Gasteiger partial charge in [0.1, 0.15) is 0 Å². The van der Waals surface area contributed by atoms with E-state index in [0.29, 0.717) is 6.61 Å². The van der Waals surface area contributed by atoms with Crippen LogP contribution in [0.1, 0.15) is 38.5 Å². The first kappa shape index (κ1) is 11.6. The fraction of sp³-hybridized carbons (Fsp3) is 0.833. The highest BCUT2D eigenvalue weighted by atomic mass is 16.3. The van der Waals surface area contributed by atoms with Crippen LogP contribution in [0.4, 0.5) is 0 Å². The monoisotopic (exact) mass is 195 g/mol. The number of terminal acetylenes is 1. The van der Waals surface area contributed by atoms with Gasteiger partial charge in [0, 0.05) is 25.0 Å². The summed E-state index contributed by atoms with van der Waals surface area (Å²) in [5.41, 5.74) is 0.177. The molecule has 2 nitrogen and oxygen atoms in total. The summed E-state index contributed by atoms with van der Waals surface area (Å²) >= 11 is 0. The zero-order valence-corrected chi connectivity index (χ0v) is 8.89. The van der Waals surface area contributed by atoms with Crippen LogP contribution < -0.4 is 5.32 Å². The summed E-state index contributed by atoms with van der Waals surface area (Å²) in [6.45, 7) is 2.26. The molecule has 0 saturated heterocycles. The molecule has 0 unspecified atom stereocenters. The maximum atomic E-state index is 9.35. The molecule has 1 rings (SSSR count). The Morgan fingerprint density at radius 1 is 1.36 bits per heavy atom. The van der Waals surface area contributed by atoms with E-state index < -0.39 is 0 Å². The number of aliphatic hydroxyl groups excluding tert-OH is 1. The average Bonchev–Trinajstić information content (AvgIpc) is 2.67. The van der Waals surface area contributed by atoms with Crippen LogP contribution in [0.2, 0.25) is 0 Å². The molecule has 0 radical (unpaired) electrons. The number of unbranched alkanes of at least 4 members (excludes halogenated alkanes) is 1. The maximum absolute atomic E-state index is 9.35. The Labute approximate surface area is 87.1 Å². The van der Waals surface area contributed by atoms with Crippen molar-refractivity contribution in [2.24, 2.45) is 5.41 Å². The second kappa shape index (κ2) is 6.06. The zero-order valence-electron chi connectivity index (χ0n) is 8.89. The van der Waals surface area contributed by atoms with Crippen molar-refractivity contribution < 1.29 is 5.11 Å². The average molecular weight is 195 g/mol. The first-order valence-corrected chi connectivity index (χ1v) is 5.58. The summed E-state index contributed by atoms with van der Waals surface area (Å²) in [5.74, 6) is 2.63. The molecule has 1 fully saturated rings. The highest BCUT2D eigenvalue weighted by Crippen LogP contribution is 2.36. The third kappa shape index (κ3) is 3.32. The van der Waals surface area contributed by atoms with E-state index in [1.54, 1.807) is 0 Å². The van der Waals surface area contributed by atoms with E-state index >= 15 is 0 Å². The number of aliphatic hydroxyl groups is 1. The molecule has 80 valence electrons. The van der Waals surface area contributed by atoms with E-state index in [0.717, 1.165) is 25.9 Å². The van der Waals surface area contributed by atoms with E-state index in [9.17, 15) is 5.11 Å². The summed E-state index contributed by atoms with van der Waals surface area (Å²) < 4.78 is 0. The minimum absolute atomic E-state index is 0.177. The molecule has 0 aromatic carbocycles. The van der Waals surface area contributed by atoms with Crippen molar-refractivity contribution in [2.75, 3.05) is 19.7 Å². The Morgan fingerprint density at radius 3 is 2.64 bits per heavy atom. The SMILES string of the molecule is C#CCCCNCC1(CO)CCCC1. The fourth-order valence-corrected chi connectivity index (χ4v) is 2.18. The number of hydrogen-bond acceptors (Lipinski definition) is 2. The molecular formula is C12H21NO. The molecule has 0 aromatic heterocycles. The maximum Gasteiger partial charge on any atom is 0.0499 e. The minimum Gasteiger partial charge on any atom is -0.396 e. The van der Waals surface area contributed by atoms with Crippen molar-refractivity contribution >= 4 is 0 Å². The lowest BCUT2D eigenvalue weighted by molar-refractivity contribution is 0.128. The third-order valence-electron chi connectivity index (χ3n) is 3.17. The quantitative estimate of drug-likeness (QED) is 0.498. The minimum atomic E-state index is 0.177.